The molecule has 3 heteroatoms. The van der Waals surface area contributed by atoms with Crippen molar-refractivity contribution in [1.82, 2.24) is 10.2 Å². The van der Waals surface area contributed by atoms with E-state index < -0.39 is 0 Å². The van der Waals surface area contributed by atoms with Crippen molar-refractivity contribution in [3.63, 3.8) is 0 Å². The predicted molar refractivity (Wildman–Crippen MR) is 57.1 cm³/mol. The van der Waals surface area contributed by atoms with Crippen LogP contribution >= 0.6 is 0 Å². The fourth-order valence-electron chi connectivity index (χ4n) is 1.34. The molecule has 0 aliphatic rings. The highest BCUT2D eigenvalue weighted by molar-refractivity contribution is 4.69. The Morgan fingerprint density at radius 2 is 2.08 bits per heavy atom. The van der Waals surface area contributed by atoms with Crippen molar-refractivity contribution >= 4 is 0 Å². The van der Waals surface area contributed by atoms with Gasteiger partial charge < -0.3 is 10.1 Å². The lowest BCUT2D eigenvalue weighted by Gasteiger charge is -2.26. The molecule has 0 saturated carbocycles. The zero-order valence-corrected chi connectivity index (χ0v) is 9.47. The molecule has 1 atom stereocenters. The van der Waals surface area contributed by atoms with Gasteiger partial charge in [-0.1, -0.05) is 13.8 Å². The smallest absolute Gasteiger partial charge is 0.0589 e. The highest BCUT2D eigenvalue weighted by Crippen LogP contribution is 1.99. The molecular weight excluding hydrogens is 164 g/mol. The first-order valence-corrected chi connectivity index (χ1v) is 5.16. The van der Waals surface area contributed by atoms with Crippen LogP contribution in [0.3, 0.4) is 0 Å². The van der Waals surface area contributed by atoms with Crippen molar-refractivity contribution < 1.29 is 4.74 Å². The molecular formula is C10H24N2O. The molecule has 0 aromatic carbocycles. The summed E-state index contributed by atoms with van der Waals surface area (Å²) in [6.45, 7) is 8.33. The molecule has 1 N–H and O–H groups in total. The number of ether oxygens (including phenoxy) is 1. The summed E-state index contributed by atoms with van der Waals surface area (Å²) in [6.07, 6.45) is 1.19. The molecule has 0 aliphatic carbocycles. The van der Waals surface area contributed by atoms with Crippen molar-refractivity contribution in [3.8, 4) is 0 Å². The number of nitrogens with one attached hydrogen (secondary N) is 1. The lowest BCUT2D eigenvalue weighted by Crippen LogP contribution is -2.41. The Morgan fingerprint density at radius 1 is 1.38 bits per heavy atom. The molecule has 0 amide bonds. The summed E-state index contributed by atoms with van der Waals surface area (Å²) in [5, 5.41) is 3.37. The molecule has 0 rings (SSSR count). The van der Waals surface area contributed by atoms with Crippen LogP contribution in [0, 0.1) is 0 Å². The molecule has 13 heavy (non-hydrogen) atoms. The summed E-state index contributed by atoms with van der Waals surface area (Å²) < 4.78 is 5.05. The first kappa shape index (κ1) is 12.9. The molecule has 0 bridgehead atoms. The third kappa shape index (κ3) is 6.02. The molecule has 0 fully saturated rings. The Bertz CT molecular complexity index is 109. The van der Waals surface area contributed by atoms with Gasteiger partial charge in [0.15, 0.2) is 0 Å². The van der Waals surface area contributed by atoms with Gasteiger partial charge in [0.25, 0.3) is 0 Å². The lowest BCUT2D eigenvalue weighted by molar-refractivity contribution is 0.136. The van der Waals surface area contributed by atoms with Crippen LogP contribution in [0.4, 0.5) is 0 Å². The van der Waals surface area contributed by atoms with E-state index in [4.69, 9.17) is 4.74 Å². The number of likely N-dealkylation sites (N-methyl/N-ethyl adjacent to an activating group) is 2. The van der Waals surface area contributed by atoms with Crippen LogP contribution in [-0.2, 0) is 4.74 Å². The molecule has 1 unspecified atom stereocenters. The summed E-state index contributed by atoms with van der Waals surface area (Å²) >= 11 is 0. The Hall–Kier alpha value is -0.120. The summed E-state index contributed by atoms with van der Waals surface area (Å²) in [5.74, 6) is 0. The minimum atomic E-state index is 0.634. The van der Waals surface area contributed by atoms with Gasteiger partial charge in [0, 0.05) is 26.2 Å². The number of hydrogen-bond acceptors (Lipinski definition) is 3. The van der Waals surface area contributed by atoms with Crippen molar-refractivity contribution in [2.24, 2.45) is 0 Å². The molecule has 0 heterocycles. The van der Waals surface area contributed by atoms with E-state index in [1.54, 1.807) is 7.11 Å². The molecule has 3 nitrogen and oxygen atoms in total. The van der Waals surface area contributed by atoms with E-state index in [-0.39, 0.29) is 0 Å². The molecule has 0 aromatic rings. The standard InChI is InChI=1S/C10H24N2O/c1-5-10(9-11-6-2)12(3)7-8-13-4/h10-11H,5-9H2,1-4H3. The second-order valence-corrected chi connectivity index (χ2v) is 3.34. The lowest BCUT2D eigenvalue weighted by atomic mass is 10.2. The van der Waals surface area contributed by atoms with Crippen molar-refractivity contribution in [3.05, 3.63) is 0 Å². The van der Waals surface area contributed by atoms with Gasteiger partial charge in [-0.05, 0) is 20.0 Å². The zero-order valence-electron chi connectivity index (χ0n) is 9.47. The van der Waals surface area contributed by atoms with Crippen LogP contribution in [0.1, 0.15) is 20.3 Å². The van der Waals surface area contributed by atoms with Crippen LogP contribution in [0.15, 0.2) is 0 Å². The number of rotatable bonds is 8. The maximum absolute atomic E-state index is 5.05. The number of methoxy groups -OCH3 is 1. The van der Waals surface area contributed by atoms with E-state index in [9.17, 15) is 0 Å². The fourth-order valence-corrected chi connectivity index (χ4v) is 1.34. The van der Waals surface area contributed by atoms with Crippen LogP contribution < -0.4 is 5.32 Å². The highest BCUT2D eigenvalue weighted by Gasteiger charge is 2.10. The Kier molecular flexibility index (Phi) is 8.40. The predicted octanol–water partition coefficient (Wildman–Crippen LogP) is 0.953. The average Bonchev–Trinajstić information content (AvgIpc) is 2.16. The second kappa shape index (κ2) is 8.48. The number of hydrogen-bond donors (Lipinski definition) is 1. The Balaban J connectivity index is 3.63. The van der Waals surface area contributed by atoms with E-state index >= 15 is 0 Å². The van der Waals surface area contributed by atoms with E-state index in [1.807, 2.05) is 0 Å². The summed E-state index contributed by atoms with van der Waals surface area (Å²) in [7, 11) is 3.91. The monoisotopic (exact) mass is 188 g/mol. The maximum atomic E-state index is 5.05. The van der Waals surface area contributed by atoms with Crippen molar-refractivity contribution in [1.29, 1.82) is 0 Å². The second-order valence-electron chi connectivity index (χ2n) is 3.34. The summed E-state index contributed by atoms with van der Waals surface area (Å²) in [4.78, 5) is 2.35. The van der Waals surface area contributed by atoms with Gasteiger partial charge >= 0.3 is 0 Å². The molecule has 80 valence electrons. The minimum Gasteiger partial charge on any atom is -0.383 e. The number of nitrogens with zero attached hydrogens (tertiary/aromatic N) is 1. The van der Waals surface area contributed by atoms with Crippen LogP contribution in [0.5, 0.6) is 0 Å². The van der Waals surface area contributed by atoms with Crippen molar-refractivity contribution in [2.75, 3.05) is 40.4 Å². The first-order valence-electron chi connectivity index (χ1n) is 5.16. The van der Waals surface area contributed by atoms with Gasteiger partial charge in [0.05, 0.1) is 6.61 Å². The van der Waals surface area contributed by atoms with Gasteiger partial charge in [0.1, 0.15) is 0 Å². The summed E-state index contributed by atoms with van der Waals surface area (Å²) in [6, 6.07) is 0.634. The first-order chi connectivity index (χ1) is 6.26. The van der Waals surface area contributed by atoms with Crippen molar-refractivity contribution in [2.45, 2.75) is 26.3 Å². The summed E-state index contributed by atoms with van der Waals surface area (Å²) in [5.41, 5.74) is 0. The highest BCUT2D eigenvalue weighted by atomic mass is 16.5. The molecule has 0 aromatic heterocycles. The van der Waals surface area contributed by atoms with E-state index in [0.717, 1.165) is 26.2 Å². The van der Waals surface area contributed by atoms with Gasteiger partial charge in [-0.15, -0.1) is 0 Å². The van der Waals surface area contributed by atoms with Gasteiger partial charge in [-0.25, -0.2) is 0 Å². The molecule has 0 aliphatic heterocycles. The zero-order chi connectivity index (χ0) is 10.1. The molecule has 0 spiro atoms. The molecule has 0 saturated heterocycles. The van der Waals surface area contributed by atoms with Crippen LogP contribution in [0.25, 0.3) is 0 Å². The molecule has 0 radical (unpaired) electrons. The topological polar surface area (TPSA) is 24.5 Å². The largest absolute Gasteiger partial charge is 0.383 e. The van der Waals surface area contributed by atoms with Crippen LogP contribution in [0.2, 0.25) is 0 Å². The van der Waals surface area contributed by atoms with E-state index in [0.29, 0.717) is 6.04 Å². The third-order valence-corrected chi connectivity index (χ3v) is 2.37. The van der Waals surface area contributed by atoms with Gasteiger partial charge in [-0.2, -0.15) is 0 Å². The SMILES string of the molecule is CCNCC(CC)N(C)CCOC. The third-order valence-electron chi connectivity index (χ3n) is 2.37. The Morgan fingerprint density at radius 3 is 2.54 bits per heavy atom. The van der Waals surface area contributed by atoms with Gasteiger partial charge in [-0.3, -0.25) is 4.90 Å². The minimum absolute atomic E-state index is 0.634. The van der Waals surface area contributed by atoms with E-state index in [1.165, 1.54) is 6.42 Å². The van der Waals surface area contributed by atoms with Gasteiger partial charge in [0.2, 0.25) is 0 Å². The average molecular weight is 188 g/mol. The van der Waals surface area contributed by atoms with Crippen LogP contribution in [-0.4, -0.2) is 51.3 Å². The fraction of sp³-hybridized carbons (Fsp3) is 1.00. The maximum Gasteiger partial charge on any atom is 0.0589 e. The quantitative estimate of drug-likeness (QED) is 0.614. The van der Waals surface area contributed by atoms with E-state index in [2.05, 4.69) is 31.1 Å². The Labute approximate surface area is 82.4 Å². The normalized spacial score (nSPS) is 13.6.